The Morgan fingerprint density at radius 3 is 2.88 bits per heavy atom. The van der Waals surface area contributed by atoms with Gasteiger partial charge in [0.2, 0.25) is 11.8 Å². The minimum atomic E-state index is 0.0967. The van der Waals surface area contributed by atoms with Gasteiger partial charge in [-0.05, 0) is 43.9 Å². The summed E-state index contributed by atoms with van der Waals surface area (Å²) in [6.45, 7) is 4.92. The number of hydrogen-bond acceptors (Lipinski definition) is 3. The number of amides is 2. The molecule has 5 nitrogen and oxygen atoms in total. The summed E-state index contributed by atoms with van der Waals surface area (Å²) in [4.78, 5) is 27.6. The molecule has 2 fully saturated rings. The molecule has 0 unspecified atom stereocenters. The smallest absolute Gasteiger partial charge is 0.222 e. The average molecular weight is 330 g/mol. The van der Waals surface area contributed by atoms with Crippen LogP contribution in [0.1, 0.15) is 37.7 Å². The molecule has 5 heteroatoms. The minimum Gasteiger partial charge on any atom is -0.487 e. The number of aryl methyl sites for hydroxylation is 1. The first-order valence-corrected chi connectivity index (χ1v) is 8.91. The lowest BCUT2D eigenvalue weighted by Gasteiger charge is -2.39. The van der Waals surface area contributed by atoms with Crippen molar-refractivity contribution in [1.82, 2.24) is 9.80 Å². The number of benzene rings is 1. The molecule has 2 aliphatic rings. The highest BCUT2D eigenvalue weighted by molar-refractivity contribution is 5.78. The van der Waals surface area contributed by atoms with Crippen LogP contribution in [-0.2, 0) is 9.59 Å². The summed E-state index contributed by atoms with van der Waals surface area (Å²) in [7, 11) is 0. The molecule has 0 aliphatic carbocycles. The van der Waals surface area contributed by atoms with E-state index in [-0.39, 0.29) is 17.9 Å². The van der Waals surface area contributed by atoms with Gasteiger partial charge in [-0.3, -0.25) is 9.59 Å². The minimum absolute atomic E-state index is 0.0967. The van der Waals surface area contributed by atoms with Crippen molar-refractivity contribution in [3.05, 3.63) is 29.8 Å². The predicted octanol–water partition coefficient (Wildman–Crippen LogP) is 2.38. The van der Waals surface area contributed by atoms with E-state index in [0.29, 0.717) is 32.5 Å². The van der Waals surface area contributed by atoms with Crippen LogP contribution in [0.2, 0.25) is 0 Å². The molecular weight excluding hydrogens is 304 g/mol. The van der Waals surface area contributed by atoms with Crippen molar-refractivity contribution in [3.63, 3.8) is 0 Å². The molecule has 1 aromatic rings. The highest BCUT2D eigenvalue weighted by Crippen LogP contribution is 2.20. The Labute approximate surface area is 143 Å². The Hall–Kier alpha value is -2.04. The Morgan fingerprint density at radius 2 is 2.12 bits per heavy atom. The van der Waals surface area contributed by atoms with E-state index in [1.165, 1.54) is 5.56 Å². The predicted molar refractivity (Wildman–Crippen MR) is 91.8 cm³/mol. The molecule has 2 aliphatic heterocycles. The van der Waals surface area contributed by atoms with Crippen LogP contribution in [0.4, 0.5) is 0 Å². The van der Waals surface area contributed by atoms with Gasteiger partial charge in [-0.2, -0.15) is 0 Å². The van der Waals surface area contributed by atoms with Crippen molar-refractivity contribution >= 4 is 11.8 Å². The molecule has 24 heavy (non-hydrogen) atoms. The number of rotatable bonds is 6. The van der Waals surface area contributed by atoms with Crippen molar-refractivity contribution in [2.24, 2.45) is 0 Å². The van der Waals surface area contributed by atoms with Crippen LogP contribution < -0.4 is 4.74 Å². The molecule has 2 saturated heterocycles. The van der Waals surface area contributed by atoms with E-state index in [1.807, 2.05) is 41.0 Å². The molecule has 0 spiro atoms. The zero-order chi connectivity index (χ0) is 16.9. The first-order chi connectivity index (χ1) is 11.6. The van der Waals surface area contributed by atoms with Gasteiger partial charge in [0.25, 0.3) is 0 Å². The SMILES string of the molecule is Cc1cccc(OC2CN(C(=O)CCCN3CCCCC3=O)C2)c1. The maximum atomic E-state index is 12.2. The van der Waals surface area contributed by atoms with Crippen molar-refractivity contribution < 1.29 is 14.3 Å². The van der Waals surface area contributed by atoms with Gasteiger partial charge < -0.3 is 14.5 Å². The lowest BCUT2D eigenvalue weighted by Crippen LogP contribution is -2.56. The monoisotopic (exact) mass is 330 g/mol. The van der Waals surface area contributed by atoms with E-state index >= 15 is 0 Å². The topological polar surface area (TPSA) is 49.9 Å². The van der Waals surface area contributed by atoms with Gasteiger partial charge in [0, 0.05) is 25.9 Å². The van der Waals surface area contributed by atoms with Crippen LogP contribution in [-0.4, -0.2) is 53.9 Å². The number of ether oxygens (including phenoxy) is 1. The summed E-state index contributed by atoms with van der Waals surface area (Å²) in [6.07, 6.45) is 4.12. The summed E-state index contributed by atoms with van der Waals surface area (Å²) in [5.74, 6) is 1.28. The van der Waals surface area contributed by atoms with Gasteiger partial charge in [-0.15, -0.1) is 0 Å². The molecule has 1 aromatic carbocycles. The van der Waals surface area contributed by atoms with E-state index in [2.05, 4.69) is 0 Å². The number of piperidine rings is 1. The summed E-state index contributed by atoms with van der Waals surface area (Å²) in [6, 6.07) is 7.98. The first-order valence-electron chi connectivity index (χ1n) is 8.91. The van der Waals surface area contributed by atoms with Crippen LogP contribution in [0.15, 0.2) is 24.3 Å². The number of likely N-dealkylation sites (tertiary alicyclic amines) is 2. The van der Waals surface area contributed by atoms with Crippen molar-refractivity contribution in [3.8, 4) is 5.75 Å². The summed E-state index contributed by atoms with van der Waals surface area (Å²) >= 11 is 0. The molecule has 0 saturated carbocycles. The third-order valence-corrected chi connectivity index (χ3v) is 4.73. The maximum absolute atomic E-state index is 12.2. The summed E-state index contributed by atoms with van der Waals surface area (Å²) in [5.41, 5.74) is 1.17. The number of hydrogen-bond donors (Lipinski definition) is 0. The molecule has 2 amide bonds. The van der Waals surface area contributed by atoms with Gasteiger partial charge in [-0.25, -0.2) is 0 Å². The van der Waals surface area contributed by atoms with E-state index in [4.69, 9.17) is 4.74 Å². The molecule has 130 valence electrons. The lowest BCUT2D eigenvalue weighted by atomic mass is 10.1. The van der Waals surface area contributed by atoms with Gasteiger partial charge in [0.15, 0.2) is 0 Å². The fourth-order valence-corrected chi connectivity index (χ4v) is 3.27. The van der Waals surface area contributed by atoms with Crippen LogP contribution in [0.3, 0.4) is 0 Å². The van der Waals surface area contributed by atoms with Gasteiger partial charge in [0.05, 0.1) is 13.1 Å². The van der Waals surface area contributed by atoms with Crippen LogP contribution in [0.25, 0.3) is 0 Å². The second-order valence-corrected chi connectivity index (χ2v) is 6.80. The standard InChI is InChI=1S/C19H26N2O3/c1-15-6-4-7-16(12-15)24-17-13-21(14-17)19(23)9-5-11-20-10-3-2-8-18(20)22/h4,6-7,12,17H,2-3,5,8-11,13-14H2,1H3. The number of carbonyl (C=O) groups is 2. The third-order valence-electron chi connectivity index (χ3n) is 4.73. The lowest BCUT2D eigenvalue weighted by molar-refractivity contribution is -0.141. The highest BCUT2D eigenvalue weighted by atomic mass is 16.5. The molecule has 0 aromatic heterocycles. The third kappa shape index (κ3) is 4.28. The van der Waals surface area contributed by atoms with Crippen LogP contribution in [0.5, 0.6) is 5.75 Å². The normalized spacial score (nSPS) is 18.5. The zero-order valence-corrected chi connectivity index (χ0v) is 14.4. The molecule has 3 rings (SSSR count). The Balaban J connectivity index is 1.33. The Morgan fingerprint density at radius 1 is 1.29 bits per heavy atom. The van der Waals surface area contributed by atoms with Crippen LogP contribution in [0, 0.1) is 6.92 Å². The van der Waals surface area contributed by atoms with E-state index < -0.39 is 0 Å². The van der Waals surface area contributed by atoms with E-state index in [9.17, 15) is 9.59 Å². The van der Waals surface area contributed by atoms with Gasteiger partial charge in [0.1, 0.15) is 11.9 Å². The largest absolute Gasteiger partial charge is 0.487 e. The molecule has 0 radical (unpaired) electrons. The second kappa shape index (κ2) is 7.69. The van der Waals surface area contributed by atoms with Gasteiger partial charge >= 0.3 is 0 Å². The van der Waals surface area contributed by atoms with Crippen molar-refractivity contribution in [1.29, 1.82) is 0 Å². The first kappa shape index (κ1) is 16.8. The van der Waals surface area contributed by atoms with Crippen LogP contribution >= 0.6 is 0 Å². The number of nitrogens with zero attached hydrogens (tertiary/aromatic N) is 2. The van der Waals surface area contributed by atoms with Gasteiger partial charge in [-0.1, -0.05) is 12.1 Å². The fraction of sp³-hybridized carbons (Fsp3) is 0.579. The quantitative estimate of drug-likeness (QED) is 0.805. The summed E-state index contributed by atoms with van der Waals surface area (Å²) < 4.78 is 5.88. The van der Waals surface area contributed by atoms with E-state index in [0.717, 1.165) is 31.6 Å². The Bertz CT molecular complexity index is 596. The Kier molecular flexibility index (Phi) is 5.38. The van der Waals surface area contributed by atoms with Crippen molar-refractivity contribution in [2.75, 3.05) is 26.2 Å². The average Bonchev–Trinajstić information content (AvgIpc) is 2.52. The molecule has 0 bridgehead atoms. The van der Waals surface area contributed by atoms with E-state index in [1.54, 1.807) is 0 Å². The molecule has 0 atom stereocenters. The highest BCUT2D eigenvalue weighted by Gasteiger charge is 2.32. The maximum Gasteiger partial charge on any atom is 0.222 e. The second-order valence-electron chi connectivity index (χ2n) is 6.80. The molecule has 0 N–H and O–H groups in total. The molecule has 2 heterocycles. The zero-order valence-electron chi connectivity index (χ0n) is 14.4. The molecular formula is C19H26N2O3. The number of carbonyl (C=O) groups excluding carboxylic acids is 2. The summed E-state index contributed by atoms with van der Waals surface area (Å²) in [5, 5.41) is 0. The van der Waals surface area contributed by atoms with Crippen molar-refractivity contribution in [2.45, 2.75) is 45.1 Å². The fourth-order valence-electron chi connectivity index (χ4n) is 3.27.